The largest absolute Gasteiger partial charge is 2.00 e. The maximum atomic E-state index is 10.2. The Morgan fingerprint density at radius 3 is 1.58 bits per heavy atom. The number of phosphoric acid groups is 1. The maximum Gasteiger partial charge on any atom is 2.00 e. The van der Waals surface area contributed by atoms with Crippen molar-refractivity contribution in [2.24, 2.45) is 0 Å². The second kappa shape index (κ2) is 5.60. The van der Waals surface area contributed by atoms with E-state index in [1.54, 1.807) is 0 Å². The quantitative estimate of drug-likeness (QED) is 0.454. The summed E-state index contributed by atoms with van der Waals surface area (Å²) in [5.41, 5.74) is 0. The van der Waals surface area contributed by atoms with Crippen LogP contribution < -0.4 is 0 Å². The first-order valence-corrected chi connectivity index (χ1v) is 3.51. The van der Waals surface area contributed by atoms with Crippen LogP contribution in [-0.2, 0) is 13.6 Å². The number of rotatable bonds is 2. The fourth-order valence-electron chi connectivity index (χ4n) is 0.216. The van der Waals surface area contributed by atoms with E-state index < -0.39 is 20.1 Å². The summed E-state index contributed by atoms with van der Waals surface area (Å²) in [4.78, 5) is 27.3. The predicted molar refractivity (Wildman–Crippen MR) is 36.0 cm³/mol. The monoisotopic (exact) mass is 228 g/mol. The van der Waals surface area contributed by atoms with Gasteiger partial charge in [-0.3, -0.25) is 4.89 Å². The van der Waals surface area contributed by atoms with Gasteiger partial charge < -0.3 is 22.1 Å². The van der Waals surface area contributed by atoms with E-state index in [-0.39, 0.29) is 40.6 Å². The van der Waals surface area contributed by atoms with Gasteiger partial charge in [-0.2, -0.15) is 0 Å². The van der Waals surface area contributed by atoms with Gasteiger partial charge >= 0.3 is 57.9 Å². The van der Waals surface area contributed by atoms with E-state index in [9.17, 15) is 14.2 Å². The molecular weight excluding hydrogens is 223 g/mol. The first kappa shape index (κ1) is 14.5. The molecule has 0 aliphatic heterocycles. The molecule has 3 N–H and O–H groups in total. The van der Waals surface area contributed by atoms with Crippen LogP contribution >= 0.6 is 7.82 Å². The van der Waals surface area contributed by atoms with Crippen LogP contribution in [0, 0.1) is 0 Å². The Morgan fingerprint density at radius 2 is 1.42 bits per heavy atom. The molecule has 0 saturated heterocycles. The smallest absolute Gasteiger partial charge is 1.00 e. The van der Waals surface area contributed by atoms with Gasteiger partial charge in [0.25, 0.3) is 0 Å². The van der Waals surface area contributed by atoms with E-state index >= 15 is 0 Å². The van der Waals surface area contributed by atoms with E-state index in [4.69, 9.17) is 15.1 Å². The van der Waals surface area contributed by atoms with Gasteiger partial charge in [0, 0.05) is 0 Å². The third kappa shape index (κ3) is 8.09. The molecule has 0 aromatic carbocycles. The fourth-order valence-corrected chi connectivity index (χ4v) is 0.648. The van der Waals surface area contributed by atoms with Crippen molar-refractivity contribution in [1.29, 1.82) is 0 Å². The fraction of sp³-hybridized carbons (Fsp3) is 0. The molecular formula is C2H5CaO8P. The molecule has 10 heteroatoms. The molecule has 0 spiro atoms. The Labute approximate surface area is 98.7 Å². The van der Waals surface area contributed by atoms with Crippen molar-refractivity contribution < 1.29 is 41.2 Å². The molecule has 0 aromatic heterocycles. The van der Waals surface area contributed by atoms with E-state index in [1.807, 2.05) is 0 Å². The summed E-state index contributed by atoms with van der Waals surface area (Å²) < 4.78 is 16.5. The zero-order valence-electron chi connectivity index (χ0n) is 7.54. The molecule has 0 saturated carbocycles. The first-order chi connectivity index (χ1) is 4.83. The van der Waals surface area contributed by atoms with Crippen molar-refractivity contribution in [3.63, 3.8) is 0 Å². The molecule has 68 valence electrons. The molecule has 0 radical (unpaired) electrons. The van der Waals surface area contributed by atoms with Gasteiger partial charge in [0.2, 0.25) is 0 Å². The second-order valence-electron chi connectivity index (χ2n) is 1.18. The Bertz CT molecular complexity index is 211. The van der Waals surface area contributed by atoms with Crippen LogP contribution in [0.2, 0.25) is 0 Å². The van der Waals surface area contributed by atoms with Crippen molar-refractivity contribution in [1.82, 2.24) is 0 Å². The van der Waals surface area contributed by atoms with Crippen LogP contribution in [0.3, 0.4) is 0 Å². The molecule has 0 heterocycles. The van der Waals surface area contributed by atoms with Gasteiger partial charge in [-0.15, -0.1) is 0 Å². The molecule has 0 atom stereocenters. The van der Waals surface area contributed by atoms with Crippen molar-refractivity contribution in [3.05, 3.63) is 0 Å². The van der Waals surface area contributed by atoms with E-state index in [2.05, 4.69) is 9.05 Å². The molecule has 0 aromatic rings. The Balaban J connectivity index is -0.000000167. The normalized spacial score (nSPS) is 9.42. The Morgan fingerprint density at radius 1 is 1.17 bits per heavy atom. The van der Waals surface area contributed by atoms with Gasteiger partial charge in [0.15, 0.2) is 0 Å². The molecule has 0 unspecified atom stereocenters. The molecule has 0 amide bonds. The minimum atomic E-state index is -5.00. The topological polar surface area (TPSA) is 130 Å². The van der Waals surface area contributed by atoms with Gasteiger partial charge in [-0.1, -0.05) is 0 Å². The molecule has 12 heavy (non-hydrogen) atoms. The summed E-state index contributed by atoms with van der Waals surface area (Å²) in [5.74, 6) is 0. The third-order valence-electron chi connectivity index (χ3n) is 0.387. The molecule has 0 bridgehead atoms. The minimum Gasteiger partial charge on any atom is -1.00 e. The summed E-state index contributed by atoms with van der Waals surface area (Å²) in [5, 5.41) is 15.5. The zero-order chi connectivity index (χ0) is 9.07. The van der Waals surface area contributed by atoms with Crippen molar-refractivity contribution in [2.75, 3.05) is 0 Å². The number of hydrogen-bond donors (Lipinski definition) is 3. The summed E-state index contributed by atoms with van der Waals surface area (Å²) in [6.45, 7) is 0. The van der Waals surface area contributed by atoms with Crippen LogP contribution in [0.25, 0.3) is 0 Å². The van der Waals surface area contributed by atoms with Gasteiger partial charge in [0.05, 0.1) is 0 Å². The van der Waals surface area contributed by atoms with Crippen LogP contribution in [-0.4, -0.2) is 65.2 Å². The van der Waals surface area contributed by atoms with E-state index in [1.165, 1.54) is 0 Å². The average Bonchev–Trinajstić information content (AvgIpc) is 1.53. The van der Waals surface area contributed by atoms with Gasteiger partial charge in [0.1, 0.15) is 0 Å². The number of carboxylic acid groups (broad SMARTS) is 2. The summed E-state index contributed by atoms with van der Waals surface area (Å²) >= 11 is 0. The number of phosphoric ester groups is 1. The van der Waals surface area contributed by atoms with E-state index in [0.29, 0.717) is 0 Å². The van der Waals surface area contributed by atoms with Gasteiger partial charge in [-0.05, 0) is 0 Å². The van der Waals surface area contributed by atoms with E-state index in [0.717, 1.165) is 0 Å². The third-order valence-corrected chi connectivity index (χ3v) is 1.16. The molecule has 8 nitrogen and oxygen atoms in total. The molecule has 0 rings (SSSR count). The summed E-state index contributed by atoms with van der Waals surface area (Å²) in [7, 11) is -5.00. The first-order valence-electron chi connectivity index (χ1n) is 2.01. The van der Waals surface area contributed by atoms with Crippen molar-refractivity contribution >= 4 is 57.9 Å². The molecule has 0 fully saturated rings. The van der Waals surface area contributed by atoms with Crippen molar-refractivity contribution in [2.45, 2.75) is 0 Å². The van der Waals surface area contributed by atoms with Crippen molar-refractivity contribution in [3.8, 4) is 0 Å². The molecule has 0 aliphatic rings. The van der Waals surface area contributed by atoms with Crippen LogP contribution in [0.4, 0.5) is 9.59 Å². The Kier molecular flexibility index (Phi) is 6.78. The average molecular weight is 228 g/mol. The van der Waals surface area contributed by atoms with Crippen LogP contribution in [0.1, 0.15) is 2.85 Å². The second-order valence-corrected chi connectivity index (χ2v) is 2.49. The predicted octanol–water partition coefficient (Wildman–Crippen LogP) is 0.320. The van der Waals surface area contributed by atoms with Crippen LogP contribution in [0.15, 0.2) is 0 Å². The van der Waals surface area contributed by atoms with Crippen LogP contribution in [0.5, 0.6) is 0 Å². The number of hydrogen-bond acceptors (Lipinski definition) is 5. The summed E-state index contributed by atoms with van der Waals surface area (Å²) in [6, 6.07) is 0. The maximum absolute atomic E-state index is 10.2. The Hall–Kier alpha value is -0.0103. The summed E-state index contributed by atoms with van der Waals surface area (Å²) in [6.07, 6.45) is -4.20. The standard InChI is InChI=1S/C2H3O8P.Ca.2H/c3-1(4)9-11(7,8)10-2(5)6;;;/h(H,3,4)(H,5,6)(H,7,8);;;/q;+2;2*-1. The number of carbonyl (C=O) groups is 2. The minimum absolute atomic E-state index is 0. The SMILES string of the molecule is O=C(O)OP(=O)(O)OC(=O)O.[Ca+2].[H-].[H-]. The van der Waals surface area contributed by atoms with Gasteiger partial charge in [-0.25, -0.2) is 14.2 Å². The zero-order valence-corrected chi connectivity index (χ0v) is 8.64. The molecule has 0 aliphatic carbocycles.